The molecule has 3 heteroatoms. The first-order valence-corrected chi connectivity index (χ1v) is 6.78. The second-order valence-electron chi connectivity index (χ2n) is 3.73. The van der Waals surface area contributed by atoms with E-state index in [1.165, 1.54) is 0 Å². The van der Waals surface area contributed by atoms with Gasteiger partial charge in [-0.2, -0.15) is 11.8 Å². The Morgan fingerprint density at radius 1 is 1.44 bits per heavy atom. The van der Waals surface area contributed by atoms with Crippen LogP contribution in [0.5, 0.6) is 5.75 Å². The summed E-state index contributed by atoms with van der Waals surface area (Å²) in [6.45, 7) is 4.28. The zero-order valence-corrected chi connectivity index (χ0v) is 10.9. The summed E-state index contributed by atoms with van der Waals surface area (Å²) < 4.78 is 5.65. The van der Waals surface area contributed by atoms with Crippen LogP contribution < -0.4 is 4.74 Å². The van der Waals surface area contributed by atoms with Crippen LogP contribution in [0, 0.1) is 6.92 Å². The maximum atomic E-state index is 11.2. The minimum Gasteiger partial charge on any atom is -0.493 e. The first kappa shape index (κ1) is 13.1. The van der Waals surface area contributed by atoms with E-state index in [2.05, 4.69) is 6.26 Å². The Morgan fingerprint density at radius 3 is 2.75 bits per heavy atom. The number of benzene rings is 1. The van der Waals surface area contributed by atoms with Crippen LogP contribution in [0.4, 0.5) is 0 Å². The van der Waals surface area contributed by atoms with E-state index in [1.807, 2.05) is 36.9 Å². The maximum Gasteiger partial charge on any atom is 0.159 e. The smallest absolute Gasteiger partial charge is 0.159 e. The first-order chi connectivity index (χ1) is 7.65. The summed E-state index contributed by atoms with van der Waals surface area (Å²) in [4.78, 5) is 11.2. The van der Waals surface area contributed by atoms with Gasteiger partial charge < -0.3 is 4.74 Å². The highest BCUT2D eigenvalue weighted by atomic mass is 32.2. The molecule has 0 aliphatic heterocycles. The van der Waals surface area contributed by atoms with Gasteiger partial charge in [0, 0.05) is 5.56 Å². The molecule has 0 amide bonds. The number of thioether (sulfide) groups is 1. The van der Waals surface area contributed by atoms with Crippen molar-refractivity contribution in [2.24, 2.45) is 0 Å². The molecule has 0 saturated heterocycles. The van der Waals surface area contributed by atoms with Crippen molar-refractivity contribution in [3.63, 3.8) is 0 Å². The van der Waals surface area contributed by atoms with Crippen molar-refractivity contribution in [1.82, 2.24) is 0 Å². The molecule has 0 N–H and O–H groups in total. The number of carbonyl (C=O) groups excluding carboxylic acids is 1. The maximum absolute atomic E-state index is 11.2. The fourth-order valence-corrected chi connectivity index (χ4v) is 1.82. The Hall–Kier alpha value is -0.960. The SMILES string of the molecule is CSCCCOc1ccc(C(C)=O)cc1C. The van der Waals surface area contributed by atoms with Crippen LogP contribution in [-0.4, -0.2) is 24.4 Å². The van der Waals surface area contributed by atoms with Crippen LogP contribution >= 0.6 is 11.8 Å². The van der Waals surface area contributed by atoms with E-state index in [0.29, 0.717) is 0 Å². The van der Waals surface area contributed by atoms with Crippen LogP contribution in [0.3, 0.4) is 0 Å². The summed E-state index contributed by atoms with van der Waals surface area (Å²) >= 11 is 1.82. The molecule has 16 heavy (non-hydrogen) atoms. The molecule has 0 atom stereocenters. The molecule has 0 heterocycles. The van der Waals surface area contributed by atoms with Gasteiger partial charge in [0.05, 0.1) is 6.61 Å². The van der Waals surface area contributed by atoms with Crippen molar-refractivity contribution in [3.8, 4) is 5.75 Å². The Balaban J connectivity index is 2.57. The molecule has 88 valence electrons. The number of aryl methyl sites for hydroxylation is 1. The number of rotatable bonds is 6. The van der Waals surface area contributed by atoms with Crippen LogP contribution in [0.15, 0.2) is 18.2 Å². The van der Waals surface area contributed by atoms with Gasteiger partial charge >= 0.3 is 0 Å². The number of ketones is 1. The van der Waals surface area contributed by atoms with Crippen LogP contribution in [-0.2, 0) is 0 Å². The second kappa shape index (κ2) is 6.59. The quantitative estimate of drug-likeness (QED) is 0.561. The van der Waals surface area contributed by atoms with Crippen molar-refractivity contribution >= 4 is 17.5 Å². The summed E-state index contributed by atoms with van der Waals surface area (Å²) in [6.07, 6.45) is 3.14. The minimum absolute atomic E-state index is 0.0945. The van der Waals surface area contributed by atoms with E-state index in [0.717, 1.165) is 35.7 Å². The summed E-state index contributed by atoms with van der Waals surface area (Å²) in [5.41, 5.74) is 1.77. The number of hydrogen-bond acceptors (Lipinski definition) is 3. The number of hydrogen-bond donors (Lipinski definition) is 0. The number of carbonyl (C=O) groups is 1. The molecule has 0 aliphatic carbocycles. The van der Waals surface area contributed by atoms with Gasteiger partial charge in [-0.05, 0) is 56.0 Å². The fourth-order valence-electron chi connectivity index (χ4n) is 1.42. The van der Waals surface area contributed by atoms with Gasteiger partial charge in [-0.25, -0.2) is 0 Å². The average molecular weight is 238 g/mol. The highest BCUT2D eigenvalue weighted by molar-refractivity contribution is 7.98. The molecule has 1 aromatic rings. The molecule has 0 spiro atoms. The topological polar surface area (TPSA) is 26.3 Å². The summed E-state index contributed by atoms with van der Waals surface area (Å²) in [6, 6.07) is 5.58. The van der Waals surface area contributed by atoms with E-state index in [4.69, 9.17) is 4.74 Å². The fraction of sp³-hybridized carbons (Fsp3) is 0.462. The molecular formula is C13H18O2S. The lowest BCUT2D eigenvalue weighted by molar-refractivity contribution is 0.101. The summed E-state index contributed by atoms with van der Waals surface area (Å²) in [5.74, 6) is 2.09. The standard InChI is InChI=1S/C13H18O2S/c1-10-9-12(11(2)14)5-6-13(10)15-7-4-8-16-3/h5-6,9H,4,7-8H2,1-3H3. The second-order valence-corrected chi connectivity index (χ2v) is 4.72. The zero-order valence-electron chi connectivity index (χ0n) is 10.1. The molecule has 0 aromatic heterocycles. The lowest BCUT2D eigenvalue weighted by Gasteiger charge is -2.09. The minimum atomic E-state index is 0.0945. The normalized spacial score (nSPS) is 10.2. The van der Waals surface area contributed by atoms with Gasteiger partial charge in [-0.15, -0.1) is 0 Å². The van der Waals surface area contributed by atoms with Crippen molar-refractivity contribution < 1.29 is 9.53 Å². The van der Waals surface area contributed by atoms with Gasteiger partial charge in [0.25, 0.3) is 0 Å². The van der Waals surface area contributed by atoms with E-state index >= 15 is 0 Å². The van der Waals surface area contributed by atoms with Gasteiger partial charge in [-0.1, -0.05) is 0 Å². The summed E-state index contributed by atoms with van der Waals surface area (Å²) in [7, 11) is 0. The Morgan fingerprint density at radius 2 is 2.19 bits per heavy atom. The van der Waals surface area contributed by atoms with Gasteiger partial charge in [0.1, 0.15) is 5.75 Å². The van der Waals surface area contributed by atoms with E-state index in [1.54, 1.807) is 6.92 Å². The predicted molar refractivity (Wildman–Crippen MR) is 69.7 cm³/mol. The van der Waals surface area contributed by atoms with Crippen LogP contribution in [0.1, 0.15) is 29.3 Å². The molecule has 0 fully saturated rings. The van der Waals surface area contributed by atoms with Crippen molar-refractivity contribution in [2.45, 2.75) is 20.3 Å². The molecule has 0 radical (unpaired) electrons. The zero-order chi connectivity index (χ0) is 12.0. The van der Waals surface area contributed by atoms with Crippen molar-refractivity contribution in [3.05, 3.63) is 29.3 Å². The van der Waals surface area contributed by atoms with Crippen molar-refractivity contribution in [1.29, 1.82) is 0 Å². The monoisotopic (exact) mass is 238 g/mol. The Labute approximate surface area is 101 Å². The Kier molecular flexibility index (Phi) is 5.39. The molecule has 1 rings (SSSR count). The van der Waals surface area contributed by atoms with Crippen LogP contribution in [0.25, 0.3) is 0 Å². The van der Waals surface area contributed by atoms with Gasteiger partial charge in [0.15, 0.2) is 5.78 Å². The van der Waals surface area contributed by atoms with Gasteiger partial charge in [0.2, 0.25) is 0 Å². The molecule has 2 nitrogen and oxygen atoms in total. The molecule has 1 aromatic carbocycles. The predicted octanol–water partition coefficient (Wildman–Crippen LogP) is 3.33. The average Bonchev–Trinajstić information content (AvgIpc) is 2.26. The van der Waals surface area contributed by atoms with E-state index < -0.39 is 0 Å². The summed E-state index contributed by atoms with van der Waals surface area (Å²) in [5, 5.41) is 0. The molecule has 0 bridgehead atoms. The largest absolute Gasteiger partial charge is 0.493 e. The van der Waals surface area contributed by atoms with Crippen molar-refractivity contribution in [2.75, 3.05) is 18.6 Å². The third-order valence-electron chi connectivity index (χ3n) is 2.33. The third-order valence-corrected chi connectivity index (χ3v) is 3.03. The lowest BCUT2D eigenvalue weighted by Crippen LogP contribution is -2.01. The highest BCUT2D eigenvalue weighted by Gasteiger charge is 2.04. The molecule has 0 unspecified atom stereocenters. The lowest BCUT2D eigenvalue weighted by atomic mass is 10.1. The molecular weight excluding hydrogens is 220 g/mol. The van der Waals surface area contributed by atoms with Crippen LogP contribution in [0.2, 0.25) is 0 Å². The van der Waals surface area contributed by atoms with E-state index in [-0.39, 0.29) is 5.78 Å². The van der Waals surface area contributed by atoms with E-state index in [9.17, 15) is 4.79 Å². The Bertz CT molecular complexity index is 361. The first-order valence-electron chi connectivity index (χ1n) is 5.38. The number of ether oxygens (including phenoxy) is 1. The highest BCUT2D eigenvalue weighted by Crippen LogP contribution is 2.19. The van der Waals surface area contributed by atoms with Gasteiger partial charge in [-0.3, -0.25) is 4.79 Å². The third kappa shape index (κ3) is 3.89. The molecule has 0 saturated carbocycles. The molecule has 0 aliphatic rings. The number of Topliss-reactive ketones (excluding diaryl/α,β-unsaturated/α-hetero) is 1.